The monoisotopic (exact) mass is 312 g/mol. The molecule has 0 saturated heterocycles. The van der Waals surface area contributed by atoms with Gasteiger partial charge in [-0.05, 0) is 25.5 Å². The summed E-state index contributed by atoms with van der Waals surface area (Å²) in [5.41, 5.74) is -0.0155. The van der Waals surface area contributed by atoms with Gasteiger partial charge in [0, 0.05) is 11.3 Å². The number of rotatable bonds is 0. The maximum Gasteiger partial charge on any atom is 0.184 e. The number of fused-ring (bicyclic) bond motifs is 1. The Morgan fingerprint density at radius 3 is 2.05 bits per heavy atom. The molecule has 1 aromatic rings. The van der Waals surface area contributed by atoms with Crippen LogP contribution in [0.15, 0.2) is 29.2 Å². The predicted molar refractivity (Wildman–Crippen MR) is 87.3 cm³/mol. The maximum atomic E-state index is 12.9. The Labute approximate surface area is 129 Å². The standard InChI is InChI=1S/C15H22O3S.C2H6/c1-10-11-8-6-7-9-12(11)19(17,18)15(4,5)14(2,3)13(10)16;1-2/h6-10,13,16H,1-5H3;1-2H3/t10-,13?;/m1./s1. The van der Waals surface area contributed by atoms with Crippen LogP contribution < -0.4 is 0 Å². The molecular weight excluding hydrogens is 284 g/mol. The average Bonchev–Trinajstić information content (AvgIpc) is 2.48. The van der Waals surface area contributed by atoms with Gasteiger partial charge in [0.05, 0.1) is 15.7 Å². The van der Waals surface area contributed by atoms with Crippen LogP contribution in [-0.2, 0) is 9.84 Å². The zero-order chi connectivity index (χ0) is 16.6. The van der Waals surface area contributed by atoms with E-state index in [2.05, 4.69) is 0 Å². The molecule has 1 N–H and O–H groups in total. The molecule has 2 rings (SSSR count). The third-order valence-electron chi connectivity index (χ3n) is 5.14. The number of hydrogen-bond acceptors (Lipinski definition) is 3. The zero-order valence-electron chi connectivity index (χ0n) is 14.1. The fourth-order valence-corrected chi connectivity index (χ4v) is 5.06. The van der Waals surface area contributed by atoms with Crippen LogP contribution in [0.3, 0.4) is 0 Å². The van der Waals surface area contributed by atoms with E-state index in [1.165, 1.54) is 0 Å². The molecule has 120 valence electrons. The quantitative estimate of drug-likeness (QED) is 0.793. The summed E-state index contributed by atoms with van der Waals surface area (Å²) < 4.78 is 24.9. The zero-order valence-corrected chi connectivity index (χ0v) is 15.0. The highest BCUT2D eigenvalue weighted by atomic mass is 32.2. The molecule has 0 amide bonds. The third kappa shape index (κ3) is 2.42. The van der Waals surface area contributed by atoms with Crippen LogP contribution >= 0.6 is 0 Å². The SMILES string of the molecule is CC.C[C@@H]1c2ccccc2S(=O)(=O)C(C)(C)C(C)(C)C1O. The molecule has 21 heavy (non-hydrogen) atoms. The number of hydrogen-bond donors (Lipinski definition) is 1. The van der Waals surface area contributed by atoms with Gasteiger partial charge in [-0.15, -0.1) is 0 Å². The number of sulfone groups is 1. The Morgan fingerprint density at radius 1 is 1.05 bits per heavy atom. The van der Waals surface area contributed by atoms with Crippen LogP contribution in [0.2, 0.25) is 0 Å². The van der Waals surface area contributed by atoms with Crippen molar-refractivity contribution in [1.82, 2.24) is 0 Å². The second-order valence-corrected chi connectivity index (χ2v) is 8.97. The topological polar surface area (TPSA) is 54.4 Å². The first-order valence-corrected chi connectivity index (χ1v) is 9.05. The van der Waals surface area contributed by atoms with Crippen LogP contribution in [-0.4, -0.2) is 24.4 Å². The van der Waals surface area contributed by atoms with Gasteiger partial charge >= 0.3 is 0 Å². The van der Waals surface area contributed by atoms with Crippen LogP contribution in [0.25, 0.3) is 0 Å². The van der Waals surface area contributed by atoms with Crippen LogP contribution in [0.4, 0.5) is 0 Å². The molecular formula is C17H28O3S. The van der Waals surface area contributed by atoms with Gasteiger partial charge in [-0.25, -0.2) is 8.42 Å². The molecule has 1 aromatic carbocycles. The van der Waals surface area contributed by atoms with E-state index in [0.717, 1.165) is 0 Å². The van der Waals surface area contributed by atoms with Crippen LogP contribution in [0.1, 0.15) is 59.9 Å². The van der Waals surface area contributed by atoms with Crippen LogP contribution in [0, 0.1) is 5.41 Å². The summed E-state index contributed by atoms with van der Waals surface area (Å²) in [4.78, 5) is 0.358. The van der Waals surface area contributed by atoms with E-state index in [0.29, 0.717) is 10.5 Å². The van der Waals surface area contributed by atoms with E-state index >= 15 is 0 Å². The van der Waals surface area contributed by atoms with Gasteiger partial charge in [-0.1, -0.05) is 52.8 Å². The van der Waals surface area contributed by atoms with Crippen molar-refractivity contribution in [1.29, 1.82) is 0 Å². The molecule has 0 bridgehead atoms. The molecule has 0 radical (unpaired) electrons. The summed E-state index contributed by atoms with van der Waals surface area (Å²) in [7, 11) is -3.49. The summed E-state index contributed by atoms with van der Waals surface area (Å²) in [5, 5.41) is 10.6. The molecule has 0 fully saturated rings. The first kappa shape index (κ1) is 18.2. The van der Waals surface area contributed by atoms with Gasteiger partial charge in [0.2, 0.25) is 0 Å². The smallest absolute Gasteiger partial charge is 0.184 e. The van der Waals surface area contributed by atoms with Crippen molar-refractivity contribution >= 4 is 9.84 Å². The van der Waals surface area contributed by atoms with Crippen molar-refractivity contribution in [2.24, 2.45) is 5.41 Å². The molecule has 4 heteroatoms. The summed E-state index contributed by atoms with van der Waals surface area (Å²) in [6.07, 6.45) is -0.707. The first-order valence-electron chi connectivity index (χ1n) is 7.57. The minimum Gasteiger partial charge on any atom is -0.392 e. The third-order valence-corrected chi connectivity index (χ3v) is 7.96. The van der Waals surface area contributed by atoms with E-state index in [9.17, 15) is 13.5 Å². The summed E-state index contributed by atoms with van der Waals surface area (Å²) >= 11 is 0. The Kier molecular flexibility index (Phi) is 4.96. The van der Waals surface area contributed by atoms with E-state index in [4.69, 9.17) is 0 Å². The van der Waals surface area contributed by atoms with Gasteiger partial charge in [0.15, 0.2) is 9.84 Å². The highest BCUT2D eigenvalue weighted by Gasteiger charge is 2.56. The number of aliphatic hydroxyl groups is 1. The highest BCUT2D eigenvalue weighted by Crippen LogP contribution is 2.50. The second kappa shape index (κ2) is 5.73. The van der Waals surface area contributed by atoms with Gasteiger partial charge in [-0.2, -0.15) is 0 Å². The summed E-state index contributed by atoms with van der Waals surface area (Å²) in [6, 6.07) is 7.02. The Hall–Kier alpha value is -0.870. The molecule has 3 nitrogen and oxygen atoms in total. The largest absolute Gasteiger partial charge is 0.392 e. The van der Waals surface area contributed by atoms with Crippen molar-refractivity contribution in [3.8, 4) is 0 Å². The van der Waals surface area contributed by atoms with Crippen molar-refractivity contribution < 1.29 is 13.5 Å². The molecule has 0 aliphatic carbocycles. The number of aliphatic hydroxyl groups excluding tert-OH is 1. The average molecular weight is 312 g/mol. The van der Waals surface area contributed by atoms with Gasteiger partial charge in [0.25, 0.3) is 0 Å². The fraction of sp³-hybridized carbons (Fsp3) is 0.647. The van der Waals surface area contributed by atoms with E-state index in [1.54, 1.807) is 32.0 Å². The fourth-order valence-electron chi connectivity index (χ4n) is 2.87. The van der Waals surface area contributed by atoms with Crippen molar-refractivity contribution in [2.45, 2.75) is 70.1 Å². The van der Waals surface area contributed by atoms with Gasteiger partial charge < -0.3 is 5.11 Å². The molecule has 1 heterocycles. The molecule has 1 aliphatic rings. The molecule has 0 aromatic heterocycles. The lowest BCUT2D eigenvalue weighted by Gasteiger charge is -2.43. The van der Waals surface area contributed by atoms with E-state index in [-0.39, 0.29) is 5.92 Å². The summed E-state index contributed by atoms with van der Waals surface area (Å²) in [6.45, 7) is 13.0. The lowest BCUT2D eigenvalue weighted by molar-refractivity contribution is 0.0118. The first-order chi connectivity index (χ1) is 9.55. The summed E-state index contributed by atoms with van der Waals surface area (Å²) in [5.74, 6) is -0.206. The lowest BCUT2D eigenvalue weighted by atomic mass is 9.70. The highest BCUT2D eigenvalue weighted by molar-refractivity contribution is 7.93. The van der Waals surface area contributed by atoms with Crippen molar-refractivity contribution in [3.63, 3.8) is 0 Å². The molecule has 1 unspecified atom stereocenters. The minimum absolute atomic E-state index is 0.206. The Bertz CT molecular complexity index is 600. The lowest BCUT2D eigenvalue weighted by Crippen LogP contribution is -2.51. The van der Waals surface area contributed by atoms with Crippen molar-refractivity contribution in [2.75, 3.05) is 0 Å². The predicted octanol–water partition coefficient (Wildman–Crippen LogP) is 3.77. The van der Waals surface area contributed by atoms with Crippen molar-refractivity contribution in [3.05, 3.63) is 29.8 Å². The molecule has 0 saturated carbocycles. The molecule has 1 aliphatic heterocycles. The second-order valence-electron chi connectivity index (χ2n) is 6.51. The van der Waals surface area contributed by atoms with E-state index < -0.39 is 26.1 Å². The van der Waals surface area contributed by atoms with Gasteiger partial charge in [0.1, 0.15) is 0 Å². The van der Waals surface area contributed by atoms with Gasteiger partial charge in [-0.3, -0.25) is 0 Å². The van der Waals surface area contributed by atoms with Crippen LogP contribution in [0.5, 0.6) is 0 Å². The number of benzene rings is 1. The normalized spacial score (nSPS) is 28.6. The maximum absolute atomic E-state index is 12.9. The molecule has 2 atom stereocenters. The molecule has 0 spiro atoms. The van der Waals surface area contributed by atoms with E-state index in [1.807, 2.05) is 40.7 Å². The minimum atomic E-state index is -3.49. The Morgan fingerprint density at radius 2 is 1.52 bits per heavy atom. The Balaban J connectivity index is 0.00000106.